The third-order valence-corrected chi connectivity index (χ3v) is 4.71. The van der Waals surface area contributed by atoms with Gasteiger partial charge in [0.25, 0.3) is 0 Å². The quantitative estimate of drug-likeness (QED) is 0.537. The van der Waals surface area contributed by atoms with Gasteiger partial charge in [0, 0.05) is 12.2 Å². The molecule has 0 aliphatic rings. The predicted octanol–water partition coefficient (Wildman–Crippen LogP) is 4.34. The molecule has 0 aliphatic carbocycles. The number of nitrogens with one attached hydrogen (secondary N) is 1. The number of amides is 1. The molecule has 5 heteroatoms. The van der Waals surface area contributed by atoms with Crippen molar-refractivity contribution in [1.82, 2.24) is 9.55 Å². The normalized spacial score (nSPS) is 12.0. The molecule has 0 bridgehead atoms. The Morgan fingerprint density at radius 3 is 2.71 bits per heavy atom. The summed E-state index contributed by atoms with van der Waals surface area (Å²) >= 11 is 1.46. The molecular formula is C19H19N3OS. The lowest BCUT2D eigenvalue weighted by atomic mass is 10.3. The number of anilines is 1. The van der Waals surface area contributed by atoms with Crippen LogP contribution >= 0.6 is 11.8 Å². The molecular weight excluding hydrogens is 318 g/mol. The average Bonchev–Trinajstić information content (AvgIpc) is 2.94. The SMILES string of the molecule is C=CCn1c(S[C@@H](C)C(=O)Nc2ccccc2)nc2ccccc21. The minimum Gasteiger partial charge on any atom is -0.325 e. The van der Waals surface area contributed by atoms with Crippen molar-refractivity contribution in [2.45, 2.75) is 23.9 Å². The summed E-state index contributed by atoms with van der Waals surface area (Å²) < 4.78 is 2.08. The number of hydrogen-bond acceptors (Lipinski definition) is 3. The molecule has 0 radical (unpaired) electrons. The van der Waals surface area contributed by atoms with E-state index in [0.717, 1.165) is 21.9 Å². The van der Waals surface area contributed by atoms with Gasteiger partial charge in [-0.25, -0.2) is 4.98 Å². The summed E-state index contributed by atoms with van der Waals surface area (Å²) in [5, 5.41) is 3.50. The van der Waals surface area contributed by atoms with Gasteiger partial charge in [0.05, 0.1) is 16.3 Å². The van der Waals surface area contributed by atoms with E-state index in [4.69, 9.17) is 0 Å². The second-order valence-corrected chi connectivity index (χ2v) is 6.71. The summed E-state index contributed by atoms with van der Waals surface area (Å²) in [5.41, 5.74) is 2.78. The van der Waals surface area contributed by atoms with Crippen molar-refractivity contribution in [3.63, 3.8) is 0 Å². The predicted molar refractivity (Wildman–Crippen MR) is 100 cm³/mol. The molecule has 0 saturated carbocycles. The van der Waals surface area contributed by atoms with Crippen LogP contribution in [-0.2, 0) is 11.3 Å². The van der Waals surface area contributed by atoms with Crippen molar-refractivity contribution >= 4 is 34.4 Å². The fourth-order valence-corrected chi connectivity index (χ4v) is 3.36. The smallest absolute Gasteiger partial charge is 0.237 e. The van der Waals surface area contributed by atoms with Crippen LogP contribution in [0.3, 0.4) is 0 Å². The number of rotatable bonds is 6. The molecule has 1 heterocycles. The Bertz CT molecular complexity index is 857. The molecule has 0 saturated heterocycles. The van der Waals surface area contributed by atoms with Crippen LogP contribution in [0, 0.1) is 0 Å². The van der Waals surface area contributed by atoms with Crippen molar-refractivity contribution in [1.29, 1.82) is 0 Å². The molecule has 0 aliphatic heterocycles. The van der Waals surface area contributed by atoms with Crippen LogP contribution in [0.4, 0.5) is 5.69 Å². The van der Waals surface area contributed by atoms with Gasteiger partial charge in [0.15, 0.2) is 5.16 Å². The lowest BCUT2D eigenvalue weighted by Crippen LogP contribution is -2.22. The zero-order valence-electron chi connectivity index (χ0n) is 13.5. The molecule has 0 unspecified atom stereocenters. The maximum atomic E-state index is 12.4. The number of fused-ring (bicyclic) bond motifs is 1. The minimum atomic E-state index is -0.259. The van der Waals surface area contributed by atoms with E-state index in [9.17, 15) is 4.79 Å². The van der Waals surface area contributed by atoms with Gasteiger partial charge >= 0.3 is 0 Å². The van der Waals surface area contributed by atoms with E-state index < -0.39 is 0 Å². The summed E-state index contributed by atoms with van der Waals surface area (Å²) in [6.07, 6.45) is 1.84. The number of aromatic nitrogens is 2. The molecule has 2 aromatic carbocycles. The molecule has 3 aromatic rings. The Morgan fingerprint density at radius 1 is 1.25 bits per heavy atom. The number of para-hydroxylation sites is 3. The molecule has 0 spiro atoms. The number of carbonyl (C=O) groups is 1. The molecule has 122 valence electrons. The van der Waals surface area contributed by atoms with E-state index in [-0.39, 0.29) is 11.2 Å². The molecule has 1 atom stereocenters. The Morgan fingerprint density at radius 2 is 1.96 bits per heavy atom. The van der Waals surface area contributed by atoms with Crippen LogP contribution in [0.2, 0.25) is 0 Å². The summed E-state index contributed by atoms with van der Waals surface area (Å²) in [7, 11) is 0. The highest BCUT2D eigenvalue weighted by Gasteiger charge is 2.19. The monoisotopic (exact) mass is 337 g/mol. The fraction of sp³-hybridized carbons (Fsp3) is 0.158. The van der Waals surface area contributed by atoms with Crippen molar-refractivity contribution in [2.24, 2.45) is 0 Å². The van der Waals surface area contributed by atoms with Gasteiger partial charge in [-0.15, -0.1) is 6.58 Å². The van der Waals surface area contributed by atoms with Crippen molar-refractivity contribution in [3.05, 3.63) is 67.3 Å². The van der Waals surface area contributed by atoms with Crippen LogP contribution in [-0.4, -0.2) is 20.7 Å². The number of hydrogen-bond donors (Lipinski definition) is 1. The average molecular weight is 337 g/mol. The zero-order chi connectivity index (χ0) is 16.9. The molecule has 3 rings (SSSR count). The molecule has 0 fully saturated rings. The van der Waals surface area contributed by atoms with Crippen LogP contribution in [0.15, 0.2) is 72.4 Å². The molecule has 24 heavy (non-hydrogen) atoms. The minimum absolute atomic E-state index is 0.0385. The molecule has 4 nitrogen and oxygen atoms in total. The first-order valence-corrected chi connectivity index (χ1v) is 8.65. The van der Waals surface area contributed by atoms with Crippen molar-refractivity contribution in [2.75, 3.05) is 5.32 Å². The second-order valence-electron chi connectivity index (χ2n) is 5.40. The number of nitrogens with zero attached hydrogens (tertiary/aromatic N) is 2. The number of benzene rings is 2. The zero-order valence-corrected chi connectivity index (χ0v) is 14.3. The number of thioether (sulfide) groups is 1. The molecule has 1 N–H and O–H groups in total. The van der Waals surface area contributed by atoms with Crippen LogP contribution in [0.1, 0.15) is 6.92 Å². The fourth-order valence-electron chi connectivity index (χ4n) is 2.43. The maximum absolute atomic E-state index is 12.4. The lowest BCUT2D eigenvalue weighted by molar-refractivity contribution is -0.115. The van der Waals surface area contributed by atoms with Gasteiger partial charge in [0.1, 0.15) is 0 Å². The topological polar surface area (TPSA) is 46.9 Å². The van der Waals surface area contributed by atoms with E-state index in [1.54, 1.807) is 0 Å². The van der Waals surface area contributed by atoms with Crippen molar-refractivity contribution < 1.29 is 4.79 Å². The third kappa shape index (κ3) is 3.51. The molecule has 1 aromatic heterocycles. The second kappa shape index (κ2) is 7.36. The lowest BCUT2D eigenvalue weighted by Gasteiger charge is -2.12. The van der Waals surface area contributed by atoms with Gasteiger partial charge in [-0.3, -0.25) is 4.79 Å². The van der Waals surface area contributed by atoms with Gasteiger partial charge in [-0.05, 0) is 31.2 Å². The third-order valence-electron chi connectivity index (χ3n) is 3.62. The van der Waals surface area contributed by atoms with Crippen molar-refractivity contribution in [3.8, 4) is 0 Å². The van der Waals surface area contributed by atoms with E-state index >= 15 is 0 Å². The highest BCUT2D eigenvalue weighted by atomic mass is 32.2. The van der Waals surface area contributed by atoms with Gasteiger partial charge in [-0.1, -0.05) is 48.2 Å². The Balaban J connectivity index is 1.79. The van der Waals surface area contributed by atoms with Crippen LogP contribution in [0.25, 0.3) is 11.0 Å². The van der Waals surface area contributed by atoms with E-state index in [0.29, 0.717) is 6.54 Å². The van der Waals surface area contributed by atoms with Crippen LogP contribution < -0.4 is 5.32 Å². The summed E-state index contributed by atoms with van der Waals surface area (Å²) in [4.78, 5) is 17.1. The summed E-state index contributed by atoms with van der Waals surface area (Å²) in [5.74, 6) is -0.0385. The van der Waals surface area contributed by atoms with Gasteiger partial charge in [0.2, 0.25) is 5.91 Å². The Labute approximate surface area is 145 Å². The first-order chi connectivity index (χ1) is 11.7. The summed E-state index contributed by atoms with van der Waals surface area (Å²) in [6.45, 7) is 6.37. The number of carbonyl (C=O) groups excluding carboxylic acids is 1. The molecule has 1 amide bonds. The largest absolute Gasteiger partial charge is 0.325 e. The number of allylic oxidation sites excluding steroid dienone is 1. The summed E-state index contributed by atoms with van der Waals surface area (Å²) in [6, 6.07) is 17.4. The van der Waals surface area contributed by atoms with E-state index in [1.807, 2.05) is 67.6 Å². The van der Waals surface area contributed by atoms with Gasteiger partial charge in [-0.2, -0.15) is 0 Å². The van der Waals surface area contributed by atoms with E-state index in [1.165, 1.54) is 11.8 Å². The maximum Gasteiger partial charge on any atom is 0.237 e. The highest BCUT2D eigenvalue weighted by Crippen LogP contribution is 2.28. The standard InChI is InChI=1S/C19H19N3OS/c1-3-13-22-17-12-8-7-11-16(17)21-19(22)24-14(2)18(23)20-15-9-5-4-6-10-15/h3-12,14H,1,13H2,2H3,(H,20,23)/t14-/m0/s1. The van der Waals surface area contributed by atoms with Gasteiger partial charge < -0.3 is 9.88 Å². The Hall–Kier alpha value is -2.53. The van der Waals surface area contributed by atoms with Crippen LogP contribution in [0.5, 0.6) is 0 Å². The first-order valence-electron chi connectivity index (χ1n) is 7.78. The first kappa shape index (κ1) is 16.3. The number of imidazole rings is 1. The highest BCUT2D eigenvalue weighted by molar-refractivity contribution is 8.00. The van der Waals surface area contributed by atoms with E-state index in [2.05, 4.69) is 21.4 Å². The Kier molecular flexibility index (Phi) is 5.01.